The molecule has 88 valence electrons. The predicted octanol–water partition coefficient (Wildman–Crippen LogP) is 1.08. The molecule has 1 aromatic heterocycles. The fourth-order valence-electron chi connectivity index (χ4n) is 1.46. The number of carbonyl (C=O) groups excluding carboxylic acids is 2. The number of benzene rings is 1. The van der Waals surface area contributed by atoms with Crippen LogP contribution in [0.3, 0.4) is 0 Å². The topological polar surface area (TPSA) is 74.1 Å². The van der Waals surface area contributed by atoms with Gasteiger partial charge in [0.15, 0.2) is 0 Å². The van der Waals surface area contributed by atoms with Crippen molar-refractivity contribution >= 4 is 23.5 Å². The number of carbonyl (C=O) groups is 2. The van der Waals surface area contributed by atoms with Crippen molar-refractivity contribution in [3.05, 3.63) is 23.8 Å². The van der Waals surface area contributed by atoms with E-state index < -0.39 is 6.22 Å². The van der Waals surface area contributed by atoms with Gasteiger partial charge in [-0.15, -0.1) is 9.49 Å². The molecule has 0 saturated heterocycles. The highest BCUT2D eigenvalue weighted by Gasteiger charge is 2.09. The Morgan fingerprint density at radius 2 is 2.35 bits per heavy atom. The summed E-state index contributed by atoms with van der Waals surface area (Å²) in [4.78, 5) is 25.3. The lowest BCUT2D eigenvalue weighted by Gasteiger charge is -1.99. The van der Waals surface area contributed by atoms with E-state index in [9.17, 15) is 14.0 Å². The number of nitrogens with zero attached hydrogens (tertiary/aromatic N) is 3. The van der Waals surface area contributed by atoms with Crippen LogP contribution in [0.1, 0.15) is 12.0 Å². The molecule has 0 radical (unpaired) electrons. The normalized spacial score (nSPS) is 10.4. The second-order valence-corrected chi connectivity index (χ2v) is 3.32. The Labute approximate surface area is 94.9 Å². The van der Waals surface area contributed by atoms with Gasteiger partial charge in [0.2, 0.25) is 0 Å². The molecule has 0 aliphatic heterocycles. The van der Waals surface area contributed by atoms with Crippen molar-refractivity contribution in [2.24, 2.45) is 0 Å². The van der Waals surface area contributed by atoms with Crippen LogP contribution >= 0.6 is 0 Å². The highest BCUT2D eigenvalue weighted by Crippen LogP contribution is 2.13. The second-order valence-electron chi connectivity index (χ2n) is 3.32. The maximum atomic E-state index is 12.0. The van der Waals surface area contributed by atoms with E-state index in [1.54, 1.807) is 18.2 Å². The molecule has 0 aliphatic carbocycles. The van der Waals surface area contributed by atoms with E-state index in [1.807, 2.05) is 0 Å². The van der Waals surface area contributed by atoms with Crippen molar-refractivity contribution in [1.29, 1.82) is 0 Å². The van der Waals surface area contributed by atoms with Crippen LogP contribution in [0, 0.1) is 0 Å². The third-order valence-corrected chi connectivity index (χ3v) is 2.19. The van der Waals surface area contributed by atoms with Gasteiger partial charge in [0.25, 0.3) is 0 Å². The minimum atomic E-state index is -1.96. The summed E-state index contributed by atoms with van der Waals surface area (Å²) < 4.78 is 12.0. The Balaban J connectivity index is 2.30. The van der Waals surface area contributed by atoms with Crippen molar-refractivity contribution in [3.63, 3.8) is 0 Å². The molecule has 0 aliphatic rings. The molecule has 0 unspecified atom stereocenters. The Morgan fingerprint density at radius 1 is 1.53 bits per heavy atom. The fourth-order valence-corrected chi connectivity index (χ4v) is 1.46. The number of halogens is 1. The highest BCUT2D eigenvalue weighted by atomic mass is 19.1. The predicted molar refractivity (Wildman–Crippen MR) is 55.0 cm³/mol. The van der Waals surface area contributed by atoms with Gasteiger partial charge < -0.3 is 4.79 Å². The zero-order valence-electron chi connectivity index (χ0n) is 8.67. The molecular formula is C10H8FN3O3. The Kier molecular flexibility index (Phi) is 3.08. The Hall–Kier alpha value is -2.31. The first-order valence-corrected chi connectivity index (χ1v) is 4.86. The lowest BCUT2D eigenvalue weighted by atomic mass is 10.1. The average molecular weight is 237 g/mol. The number of hydrogen-bond donors (Lipinski definition) is 0. The van der Waals surface area contributed by atoms with Gasteiger partial charge in [0.05, 0.1) is 0 Å². The molecule has 7 heteroatoms. The lowest BCUT2D eigenvalue weighted by Crippen LogP contribution is -2.15. The Bertz CT molecular complexity index is 567. The molecule has 0 N–H and O–H groups in total. The van der Waals surface area contributed by atoms with Crippen LogP contribution in [0.5, 0.6) is 0 Å². The van der Waals surface area contributed by atoms with Crippen molar-refractivity contribution in [2.75, 3.05) is 0 Å². The van der Waals surface area contributed by atoms with E-state index >= 15 is 0 Å². The summed E-state index contributed by atoms with van der Waals surface area (Å²) in [5.41, 5.74) is 1.75. The molecular weight excluding hydrogens is 229 g/mol. The number of hydrogen-bond acceptors (Lipinski definition) is 5. The Morgan fingerprint density at radius 3 is 3.06 bits per heavy atom. The fraction of sp³-hybridized carbons (Fsp3) is 0.200. The summed E-state index contributed by atoms with van der Waals surface area (Å²) in [7, 11) is 0. The van der Waals surface area contributed by atoms with Crippen LogP contribution in [0.4, 0.5) is 9.18 Å². The van der Waals surface area contributed by atoms with E-state index in [2.05, 4.69) is 15.1 Å². The standard InChI is InChI=1S/C10H8FN3O3/c11-10(16)17-14-9-4-3-7(2-1-5-15)6-8(9)12-13-14/h3-6H,1-2H2. The van der Waals surface area contributed by atoms with E-state index in [4.69, 9.17) is 0 Å². The van der Waals surface area contributed by atoms with Crippen LogP contribution < -0.4 is 4.84 Å². The van der Waals surface area contributed by atoms with E-state index in [0.29, 0.717) is 28.7 Å². The van der Waals surface area contributed by atoms with Crippen LogP contribution in [0.15, 0.2) is 18.2 Å². The molecule has 0 saturated carbocycles. The molecule has 0 bridgehead atoms. The number of aromatic nitrogens is 3. The van der Waals surface area contributed by atoms with Gasteiger partial charge in [-0.3, -0.25) is 4.84 Å². The quantitative estimate of drug-likeness (QED) is 0.452. The lowest BCUT2D eigenvalue weighted by molar-refractivity contribution is -0.107. The first-order valence-electron chi connectivity index (χ1n) is 4.86. The maximum absolute atomic E-state index is 12.0. The minimum Gasteiger partial charge on any atom is -0.303 e. The summed E-state index contributed by atoms with van der Waals surface area (Å²) in [5.74, 6) is 0. The molecule has 0 amide bonds. The first-order chi connectivity index (χ1) is 8.20. The number of rotatable bonds is 4. The minimum absolute atomic E-state index is 0.380. The molecule has 6 nitrogen and oxygen atoms in total. The van der Waals surface area contributed by atoms with Gasteiger partial charge >= 0.3 is 6.22 Å². The summed E-state index contributed by atoms with van der Waals surface area (Å²) in [6.07, 6.45) is -0.123. The maximum Gasteiger partial charge on any atom is 0.522 e. The van der Waals surface area contributed by atoms with E-state index in [0.717, 1.165) is 11.8 Å². The van der Waals surface area contributed by atoms with Gasteiger partial charge in [-0.25, -0.2) is 4.79 Å². The van der Waals surface area contributed by atoms with E-state index in [1.165, 1.54) is 0 Å². The van der Waals surface area contributed by atoms with Gasteiger partial charge in [0.1, 0.15) is 17.3 Å². The molecule has 1 aromatic carbocycles. The van der Waals surface area contributed by atoms with Crippen molar-refractivity contribution < 1.29 is 18.8 Å². The third-order valence-electron chi connectivity index (χ3n) is 2.19. The summed E-state index contributed by atoms with van der Waals surface area (Å²) in [6, 6.07) is 5.03. The monoisotopic (exact) mass is 237 g/mol. The van der Waals surface area contributed by atoms with Gasteiger partial charge in [-0.05, 0) is 29.3 Å². The summed E-state index contributed by atoms with van der Waals surface area (Å²) >= 11 is 0. The summed E-state index contributed by atoms with van der Waals surface area (Å²) in [5, 5.41) is 7.19. The molecule has 0 fully saturated rings. The number of aldehydes is 1. The van der Waals surface area contributed by atoms with Crippen LogP contribution in [0.2, 0.25) is 0 Å². The van der Waals surface area contributed by atoms with Crippen LogP contribution in [-0.2, 0) is 11.2 Å². The average Bonchev–Trinajstić information content (AvgIpc) is 2.68. The zero-order valence-corrected chi connectivity index (χ0v) is 8.67. The number of fused-ring (bicyclic) bond motifs is 1. The first kappa shape index (κ1) is 11.2. The largest absolute Gasteiger partial charge is 0.522 e. The molecule has 0 atom stereocenters. The van der Waals surface area contributed by atoms with Crippen molar-refractivity contribution in [1.82, 2.24) is 15.2 Å². The molecule has 2 rings (SSSR count). The van der Waals surface area contributed by atoms with Crippen LogP contribution in [-0.4, -0.2) is 27.7 Å². The van der Waals surface area contributed by atoms with Crippen molar-refractivity contribution in [2.45, 2.75) is 12.8 Å². The zero-order chi connectivity index (χ0) is 12.3. The van der Waals surface area contributed by atoms with Gasteiger partial charge in [-0.1, -0.05) is 10.9 Å². The summed E-state index contributed by atoms with van der Waals surface area (Å²) in [6.45, 7) is 0. The molecule has 0 spiro atoms. The third kappa shape index (κ3) is 2.44. The molecule has 1 heterocycles. The van der Waals surface area contributed by atoms with Gasteiger partial charge in [0, 0.05) is 6.42 Å². The number of aryl methyl sites for hydroxylation is 1. The second kappa shape index (κ2) is 4.69. The van der Waals surface area contributed by atoms with Crippen molar-refractivity contribution in [3.8, 4) is 0 Å². The molecule has 2 aromatic rings. The van der Waals surface area contributed by atoms with E-state index in [-0.39, 0.29) is 0 Å². The SMILES string of the molecule is O=CCCc1ccc2c(c1)nnn2OC(=O)F. The molecule has 17 heavy (non-hydrogen) atoms. The smallest absolute Gasteiger partial charge is 0.303 e. The highest BCUT2D eigenvalue weighted by molar-refractivity contribution is 5.75. The van der Waals surface area contributed by atoms with Crippen LogP contribution in [0.25, 0.3) is 11.0 Å². The van der Waals surface area contributed by atoms with Gasteiger partial charge in [-0.2, -0.15) is 0 Å².